The van der Waals surface area contributed by atoms with E-state index >= 15 is 0 Å². The van der Waals surface area contributed by atoms with E-state index in [0.717, 1.165) is 0 Å². The van der Waals surface area contributed by atoms with Crippen LogP contribution in [0.2, 0.25) is 13.1 Å². The van der Waals surface area contributed by atoms with Crippen LogP contribution in [-0.4, -0.2) is 21.5 Å². The first-order valence-corrected chi connectivity index (χ1v) is 32.6. The highest BCUT2D eigenvalue weighted by molar-refractivity contribution is 7.03. The second-order valence-electron chi connectivity index (χ2n) is 28.2. The Kier molecular flexibility index (Phi) is 13.3. The van der Waals surface area contributed by atoms with Crippen LogP contribution < -0.4 is 43.2 Å². The number of hydrogen-bond donors (Lipinski definition) is 0. The van der Waals surface area contributed by atoms with Crippen molar-refractivity contribution in [2.24, 2.45) is 0 Å². The Labute approximate surface area is 485 Å². The fourth-order valence-electron chi connectivity index (χ4n) is 13.2. The number of fused-ring (bicyclic) bond motifs is 6. The van der Waals surface area contributed by atoms with Crippen molar-refractivity contribution >= 4 is 97.0 Å². The maximum absolute atomic E-state index is 2.57. The van der Waals surface area contributed by atoms with Gasteiger partial charge < -0.3 is 0 Å². The first-order chi connectivity index (χ1) is 38.4. The van der Waals surface area contributed by atoms with E-state index in [1.807, 2.05) is 0 Å². The molecule has 400 valence electrons. The third-order valence-corrected chi connectivity index (χ3v) is 21.8. The molecule has 0 amide bonds. The molecule has 0 saturated carbocycles. The Bertz CT molecular complexity index is 4040. The van der Waals surface area contributed by atoms with Crippen LogP contribution in [0.25, 0.3) is 65.7 Å². The summed E-state index contributed by atoms with van der Waals surface area (Å²) in [6, 6.07) is 85.2. The summed E-state index contributed by atoms with van der Waals surface area (Å²) in [5, 5.41) is 11.0. The lowest BCUT2D eigenvalue weighted by atomic mass is 9.36. The Morgan fingerprint density at radius 3 is 1.02 bits per heavy atom. The summed E-state index contributed by atoms with van der Waals surface area (Å²) in [4.78, 5) is 0. The van der Waals surface area contributed by atoms with Gasteiger partial charge in [0.15, 0.2) is 0 Å². The van der Waals surface area contributed by atoms with E-state index in [9.17, 15) is 0 Å². The van der Waals surface area contributed by atoms with Crippen LogP contribution in [0.15, 0.2) is 218 Å². The van der Waals surface area contributed by atoms with Crippen LogP contribution in [0.4, 0.5) is 0 Å². The maximum atomic E-state index is 2.57. The maximum Gasteiger partial charge on any atom is 0.241 e. The molecular formula is C78H78B2Si. The van der Waals surface area contributed by atoms with E-state index in [4.69, 9.17) is 0 Å². The Morgan fingerprint density at radius 1 is 0.259 bits per heavy atom. The average molecular weight is 1070 g/mol. The van der Waals surface area contributed by atoms with Crippen LogP contribution in [-0.2, 0) is 21.7 Å². The molecular weight excluding hydrogens is 987 g/mol. The van der Waals surface area contributed by atoms with Gasteiger partial charge in [-0.2, -0.15) is 0 Å². The van der Waals surface area contributed by atoms with Crippen molar-refractivity contribution < 1.29 is 0 Å². The zero-order valence-corrected chi connectivity index (χ0v) is 51.4. The molecule has 12 rings (SSSR count). The molecule has 0 saturated heterocycles. The normalized spacial score (nSPS) is 13.4. The second-order valence-corrected chi connectivity index (χ2v) is 32.5. The Hall–Kier alpha value is -7.45. The van der Waals surface area contributed by atoms with Crippen LogP contribution in [0.1, 0.15) is 105 Å². The zero-order chi connectivity index (χ0) is 57.0. The molecule has 11 aromatic carbocycles. The van der Waals surface area contributed by atoms with E-state index in [0.29, 0.717) is 0 Å². The third-order valence-electron chi connectivity index (χ3n) is 18.2. The topological polar surface area (TPSA) is 0 Å². The van der Waals surface area contributed by atoms with Crippen molar-refractivity contribution in [2.75, 3.05) is 0 Å². The predicted molar refractivity (Wildman–Crippen MR) is 362 cm³/mol. The van der Waals surface area contributed by atoms with Gasteiger partial charge in [-0.3, -0.25) is 0 Å². The summed E-state index contributed by atoms with van der Waals surface area (Å²) in [6.07, 6.45) is 0. The Balaban J connectivity index is 0.923. The highest BCUT2D eigenvalue weighted by atomic mass is 28.3. The minimum absolute atomic E-state index is 0.0901. The summed E-state index contributed by atoms with van der Waals surface area (Å²) in [6.45, 7) is 32.9. The van der Waals surface area contributed by atoms with Gasteiger partial charge in [0.1, 0.15) is 8.07 Å². The first-order valence-electron chi connectivity index (χ1n) is 29.6. The van der Waals surface area contributed by atoms with Crippen LogP contribution in [0.5, 0.6) is 0 Å². The number of hydrogen-bond acceptors (Lipinski definition) is 0. The fraction of sp³-hybridized carbons (Fsp3) is 0.231. The molecule has 0 bridgehead atoms. The molecule has 0 spiro atoms. The van der Waals surface area contributed by atoms with Crippen molar-refractivity contribution in [1.82, 2.24) is 0 Å². The minimum Gasteiger partial charge on any atom is -0.0686 e. The van der Waals surface area contributed by atoms with Crippen molar-refractivity contribution in [1.29, 1.82) is 0 Å². The fourth-order valence-corrected chi connectivity index (χ4v) is 16.3. The standard InChI is InChI=1S/C78H78B2Si/c1-75(2,3)54-27-39-60(40-28-54)79(61-41-29-55(30-42-61)76(4,5)6)58-35-22-51(23-36-58)53-26-47-66-71-50-69-65-19-16-15-18-64(65)68(49-70(69)67-20-17-21-72(74(67)71)81(13,14)73(66)48-53)52-24-37-59(38-25-52)80(62-43-31-56(32-44-62)77(7,8)9)63-45-33-57(34-46-63)78(10,11)12/h15-50H,1-14H3. The summed E-state index contributed by atoms with van der Waals surface area (Å²) in [5.74, 6) is 0. The monoisotopic (exact) mass is 1060 g/mol. The lowest BCUT2D eigenvalue weighted by molar-refractivity contribution is 0.590. The van der Waals surface area contributed by atoms with Gasteiger partial charge in [0.05, 0.1) is 0 Å². The van der Waals surface area contributed by atoms with Crippen LogP contribution in [0.3, 0.4) is 0 Å². The average Bonchev–Trinajstić information content (AvgIpc) is 2.13. The molecule has 1 heterocycles. The zero-order valence-electron chi connectivity index (χ0n) is 50.4. The van der Waals surface area contributed by atoms with E-state index in [1.54, 1.807) is 0 Å². The van der Waals surface area contributed by atoms with Gasteiger partial charge in [-0.05, 0) is 132 Å². The van der Waals surface area contributed by atoms with Crippen molar-refractivity contribution in [2.45, 2.75) is 118 Å². The van der Waals surface area contributed by atoms with Gasteiger partial charge in [-0.1, -0.05) is 335 Å². The molecule has 0 aromatic heterocycles. The van der Waals surface area contributed by atoms with Gasteiger partial charge in [-0.25, -0.2) is 0 Å². The van der Waals surface area contributed by atoms with Crippen LogP contribution >= 0.6 is 0 Å². The number of rotatable bonds is 8. The lowest BCUT2D eigenvalue weighted by Crippen LogP contribution is -2.55. The van der Waals surface area contributed by atoms with Gasteiger partial charge in [0.25, 0.3) is 0 Å². The summed E-state index contributed by atoms with van der Waals surface area (Å²) < 4.78 is 0. The molecule has 1 aliphatic rings. The molecule has 0 fully saturated rings. The van der Waals surface area contributed by atoms with E-state index < -0.39 is 8.07 Å². The van der Waals surface area contributed by atoms with Gasteiger partial charge >= 0.3 is 0 Å². The Morgan fingerprint density at radius 2 is 0.605 bits per heavy atom. The summed E-state index contributed by atoms with van der Waals surface area (Å²) >= 11 is 0. The third kappa shape index (κ3) is 9.94. The van der Waals surface area contributed by atoms with E-state index in [1.165, 1.54) is 131 Å². The molecule has 3 heteroatoms. The lowest BCUT2D eigenvalue weighted by Gasteiger charge is -2.34. The van der Waals surface area contributed by atoms with E-state index in [2.05, 4.69) is 315 Å². The minimum atomic E-state index is -2.20. The molecule has 1 aliphatic heterocycles. The highest BCUT2D eigenvalue weighted by Crippen LogP contribution is 2.44. The van der Waals surface area contributed by atoms with Crippen molar-refractivity contribution in [3.05, 3.63) is 241 Å². The molecule has 0 radical (unpaired) electrons. The van der Waals surface area contributed by atoms with Crippen LogP contribution in [0, 0.1) is 0 Å². The SMILES string of the molecule is CC(C)(C)c1ccc(B(c2ccc(-c3ccc4c(c3)[Si](C)(C)c3cccc5c3c-4cc3c4ccccc4c(-c4ccc(B(c6ccc(C(C)(C)C)cc6)c6ccc(C(C)(C)C)cc6)cc4)cc53)cc2)c2ccc(C(C)(C)C)cc2)cc1. The summed E-state index contributed by atoms with van der Waals surface area (Å²) in [5.41, 5.74) is 21.5. The van der Waals surface area contributed by atoms with Gasteiger partial charge in [-0.15, -0.1) is 0 Å². The largest absolute Gasteiger partial charge is 0.241 e. The molecule has 0 N–H and O–H groups in total. The molecule has 0 unspecified atom stereocenters. The van der Waals surface area contributed by atoms with E-state index in [-0.39, 0.29) is 35.1 Å². The van der Waals surface area contributed by atoms with Gasteiger partial charge in [0.2, 0.25) is 13.4 Å². The quantitative estimate of drug-likeness (QED) is 0.105. The number of benzene rings is 11. The summed E-state index contributed by atoms with van der Waals surface area (Å²) in [7, 11) is -2.20. The van der Waals surface area contributed by atoms with Crippen molar-refractivity contribution in [3.8, 4) is 33.4 Å². The molecule has 0 aliphatic carbocycles. The first kappa shape index (κ1) is 54.2. The van der Waals surface area contributed by atoms with Gasteiger partial charge in [0, 0.05) is 0 Å². The molecule has 0 nitrogen and oxygen atoms in total. The highest BCUT2D eigenvalue weighted by Gasteiger charge is 2.37. The second kappa shape index (κ2) is 19.9. The van der Waals surface area contributed by atoms with Crippen molar-refractivity contribution in [3.63, 3.8) is 0 Å². The molecule has 81 heavy (non-hydrogen) atoms. The smallest absolute Gasteiger partial charge is 0.0686 e. The molecule has 0 atom stereocenters. The predicted octanol–water partition coefficient (Wildman–Crippen LogP) is 15.5. The molecule has 11 aromatic rings.